The van der Waals surface area contributed by atoms with Crippen LogP contribution in [-0.2, 0) is 4.74 Å². The van der Waals surface area contributed by atoms with Crippen molar-refractivity contribution < 1.29 is 4.74 Å². The van der Waals surface area contributed by atoms with E-state index in [4.69, 9.17) is 4.74 Å². The molecule has 1 N–H and O–H groups in total. The van der Waals surface area contributed by atoms with E-state index in [1.807, 2.05) is 18.2 Å². The lowest BCUT2D eigenvalue weighted by molar-refractivity contribution is -0.0117. The smallest absolute Gasteiger partial charge is 0.127 e. The minimum Gasteiger partial charge on any atom is -0.374 e. The number of nitrogens with one attached hydrogen (secondary N) is 1. The lowest BCUT2D eigenvalue weighted by Crippen LogP contribution is -2.43. The Labute approximate surface area is 104 Å². The van der Waals surface area contributed by atoms with Crippen molar-refractivity contribution >= 4 is 21.7 Å². The maximum Gasteiger partial charge on any atom is 0.127 e. The summed E-state index contributed by atoms with van der Waals surface area (Å²) in [4.78, 5) is 6.59. The average molecular weight is 286 g/mol. The third kappa shape index (κ3) is 3.43. The third-order valence-corrected chi connectivity index (χ3v) is 3.01. The molecule has 1 aromatic heterocycles. The van der Waals surface area contributed by atoms with Gasteiger partial charge in [-0.25, -0.2) is 4.98 Å². The standard InChI is InChI=1S/C11H16BrN3O/c1-15-5-6-16-9(8-15)7-13-11-4-2-3-10(12)14-11/h2-4,9H,5-8H2,1H3,(H,13,14). The Balaban J connectivity index is 1.82. The molecule has 1 unspecified atom stereocenters. The molecule has 2 heterocycles. The molecule has 0 amide bonds. The number of ether oxygens (including phenoxy) is 1. The molecule has 1 aliphatic heterocycles. The van der Waals surface area contributed by atoms with E-state index in [0.29, 0.717) is 0 Å². The van der Waals surface area contributed by atoms with Crippen molar-refractivity contribution in [2.45, 2.75) is 6.10 Å². The third-order valence-electron chi connectivity index (χ3n) is 2.57. The maximum atomic E-state index is 5.66. The molecule has 0 spiro atoms. The van der Waals surface area contributed by atoms with Crippen LogP contribution in [0, 0.1) is 0 Å². The summed E-state index contributed by atoms with van der Waals surface area (Å²) in [6.45, 7) is 3.61. The van der Waals surface area contributed by atoms with Gasteiger partial charge < -0.3 is 15.0 Å². The first-order valence-corrected chi connectivity index (χ1v) is 6.20. The van der Waals surface area contributed by atoms with Crippen molar-refractivity contribution in [1.82, 2.24) is 9.88 Å². The van der Waals surface area contributed by atoms with Crippen LogP contribution in [0.15, 0.2) is 22.8 Å². The van der Waals surface area contributed by atoms with Gasteiger partial charge in [0.25, 0.3) is 0 Å². The topological polar surface area (TPSA) is 37.4 Å². The van der Waals surface area contributed by atoms with E-state index in [-0.39, 0.29) is 6.10 Å². The second-order valence-corrected chi connectivity index (χ2v) is 4.79. The summed E-state index contributed by atoms with van der Waals surface area (Å²) < 4.78 is 6.50. The number of rotatable bonds is 3. The SMILES string of the molecule is CN1CCOC(CNc2cccc(Br)n2)C1. The fourth-order valence-electron chi connectivity index (χ4n) is 1.72. The van der Waals surface area contributed by atoms with Gasteiger partial charge in [-0.2, -0.15) is 0 Å². The molecule has 0 saturated carbocycles. The molecule has 0 bridgehead atoms. The normalized spacial score (nSPS) is 22.0. The van der Waals surface area contributed by atoms with Crippen molar-refractivity contribution in [3.63, 3.8) is 0 Å². The first-order valence-electron chi connectivity index (χ1n) is 5.40. The van der Waals surface area contributed by atoms with Crippen molar-refractivity contribution in [2.24, 2.45) is 0 Å². The van der Waals surface area contributed by atoms with Crippen LogP contribution in [-0.4, -0.2) is 49.3 Å². The molecule has 2 rings (SSSR count). The fraction of sp³-hybridized carbons (Fsp3) is 0.545. The van der Waals surface area contributed by atoms with E-state index >= 15 is 0 Å². The molecular weight excluding hydrogens is 270 g/mol. The van der Waals surface area contributed by atoms with Crippen LogP contribution in [0.2, 0.25) is 0 Å². The molecule has 16 heavy (non-hydrogen) atoms. The minimum atomic E-state index is 0.250. The van der Waals surface area contributed by atoms with Crippen molar-refractivity contribution in [3.05, 3.63) is 22.8 Å². The van der Waals surface area contributed by atoms with Gasteiger partial charge in [-0.3, -0.25) is 0 Å². The molecule has 1 aromatic rings. The number of anilines is 1. The number of hydrogen-bond acceptors (Lipinski definition) is 4. The number of aromatic nitrogens is 1. The van der Waals surface area contributed by atoms with Gasteiger partial charge >= 0.3 is 0 Å². The summed E-state index contributed by atoms with van der Waals surface area (Å²) in [5.74, 6) is 0.881. The van der Waals surface area contributed by atoms with Crippen LogP contribution >= 0.6 is 15.9 Å². The highest BCUT2D eigenvalue weighted by atomic mass is 79.9. The summed E-state index contributed by atoms with van der Waals surface area (Å²) in [5, 5.41) is 3.28. The molecule has 5 heteroatoms. The lowest BCUT2D eigenvalue weighted by atomic mass is 10.3. The van der Waals surface area contributed by atoms with Crippen molar-refractivity contribution in [1.29, 1.82) is 0 Å². The van der Waals surface area contributed by atoms with Gasteiger partial charge in [-0.1, -0.05) is 6.07 Å². The van der Waals surface area contributed by atoms with Gasteiger partial charge in [0.2, 0.25) is 0 Å². The van der Waals surface area contributed by atoms with Crippen LogP contribution in [0.5, 0.6) is 0 Å². The predicted molar refractivity (Wildman–Crippen MR) is 67.7 cm³/mol. The molecule has 1 saturated heterocycles. The van der Waals surface area contributed by atoms with Crippen LogP contribution in [0.3, 0.4) is 0 Å². The zero-order valence-electron chi connectivity index (χ0n) is 9.32. The Bertz CT molecular complexity index is 348. The van der Waals surface area contributed by atoms with Gasteiger partial charge in [-0.15, -0.1) is 0 Å². The van der Waals surface area contributed by atoms with Gasteiger partial charge in [0.1, 0.15) is 10.4 Å². The summed E-state index contributed by atoms with van der Waals surface area (Å²) in [6.07, 6.45) is 0.250. The van der Waals surface area contributed by atoms with Gasteiger partial charge in [0.15, 0.2) is 0 Å². The van der Waals surface area contributed by atoms with E-state index in [2.05, 4.69) is 38.2 Å². The highest BCUT2D eigenvalue weighted by molar-refractivity contribution is 9.10. The Morgan fingerprint density at radius 3 is 3.25 bits per heavy atom. The fourth-order valence-corrected chi connectivity index (χ4v) is 2.06. The summed E-state index contributed by atoms with van der Waals surface area (Å²) in [5.41, 5.74) is 0. The second-order valence-electron chi connectivity index (χ2n) is 3.98. The monoisotopic (exact) mass is 285 g/mol. The zero-order valence-corrected chi connectivity index (χ0v) is 10.9. The van der Waals surface area contributed by atoms with Crippen LogP contribution in [0.1, 0.15) is 0 Å². The number of hydrogen-bond donors (Lipinski definition) is 1. The van der Waals surface area contributed by atoms with Crippen molar-refractivity contribution in [3.8, 4) is 0 Å². The van der Waals surface area contributed by atoms with E-state index in [0.717, 1.165) is 36.7 Å². The molecular formula is C11H16BrN3O. The van der Waals surface area contributed by atoms with Crippen LogP contribution in [0.4, 0.5) is 5.82 Å². The maximum absolute atomic E-state index is 5.66. The van der Waals surface area contributed by atoms with E-state index < -0.39 is 0 Å². The Hall–Kier alpha value is -0.650. The lowest BCUT2D eigenvalue weighted by Gasteiger charge is -2.30. The number of nitrogens with zero attached hydrogens (tertiary/aromatic N) is 2. The highest BCUT2D eigenvalue weighted by Gasteiger charge is 2.17. The number of halogens is 1. The molecule has 1 fully saturated rings. The van der Waals surface area contributed by atoms with E-state index in [1.165, 1.54) is 0 Å². The Morgan fingerprint density at radius 1 is 1.62 bits per heavy atom. The van der Waals surface area contributed by atoms with Gasteiger partial charge in [0.05, 0.1) is 12.7 Å². The summed E-state index contributed by atoms with van der Waals surface area (Å²) in [7, 11) is 2.12. The molecule has 0 radical (unpaired) electrons. The number of morpholine rings is 1. The summed E-state index contributed by atoms with van der Waals surface area (Å²) in [6, 6.07) is 5.83. The largest absolute Gasteiger partial charge is 0.374 e. The zero-order chi connectivity index (χ0) is 11.4. The van der Waals surface area contributed by atoms with Crippen molar-refractivity contribution in [2.75, 3.05) is 38.6 Å². The first-order chi connectivity index (χ1) is 7.74. The molecule has 0 aliphatic carbocycles. The van der Waals surface area contributed by atoms with Gasteiger partial charge in [-0.05, 0) is 35.1 Å². The van der Waals surface area contributed by atoms with Crippen LogP contribution < -0.4 is 5.32 Å². The molecule has 4 nitrogen and oxygen atoms in total. The molecule has 1 aliphatic rings. The quantitative estimate of drug-likeness (QED) is 0.856. The van der Waals surface area contributed by atoms with Crippen LogP contribution in [0.25, 0.3) is 0 Å². The van der Waals surface area contributed by atoms with E-state index in [9.17, 15) is 0 Å². The van der Waals surface area contributed by atoms with E-state index in [1.54, 1.807) is 0 Å². The first kappa shape index (κ1) is 11.8. The summed E-state index contributed by atoms with van der Waals surface area (Å²) >= 11 is 3.35. The average Bonchev–Trinajstić information content (AvgIpc) is 2.27. The number of pyridine rings is 1. The number of likely N-dealkylation sites (N-methyl/N-ethyl adjacent to an activating group) is 1. The Kier molecular flexibility index (Phi) is 4.15. The Morgan fingerprint density at radius 2 is 2.50 bits per heavy atom. The highest BCUT2D eigenvalue weighted by Crippen LogP contribution is 2.11. The minimum absolute atomic E-state index is 0.250. The predicted octanol–water partition coefficient (Wildman–Crippen LogP) is 1.59. The second kappa shape index (κ2) is 5.61. The van der Waals surface area contributed by atoms with Gasteiger partial charge in [0, 0.05) is 19.6 Å². The molecule has 1 atom stereocenters. The molecule has 88 valence electrons. The molecule has 0 aromatic carbocycles.